The maximum atomic E-state index is 12.2. The molecule has 0 aromatic heterocycles. The van der Waals surface area contributed by atoms with Crippen LogP contribution in [0.4, 0.5) is 0 Å². The largest absolute Gasteiger partial charge is 0.682 e. The highest BCUT2D eigenvalue weighted by atomic mass is 16.6. The van der Waals surface area contributed by atoms with Crippen molar-refractivity contribution in [3.05, 3.63) is 59.2 Å². The Morgan fingerprint density at radius 2 is 1.96 bits per heavy atom. The van der Waals surface area contributed by atoms with Crippen molar-refractivity contribution in [2.45, 2.75) is 0 Å². The summed E-state index contributed by atoms with van der Waals surface area (Å²) in [5.74, 6) is -0.996. The van der Waals surface area contributed by atoms with Gasteiger partial charge in [-0.25, -0.2) is 4.79 Å². The van der Waals surface area contributed by atoms with Crippen LogP contribution in [0.2, 0.25) is 0 Å². The van der Waals surface area contributed by atoms with Gasteiger partial charge in [0, 0.05) is 5.56 Å². The van der Waals surface area contributed by atoms with Gasteiger partial charge in [0.1, 0.15) is 6.21 Å². The summed E-state index contributed by atoms with van der Waals surface area (Å²) in [6.07, 6.45) is 1.83. The molecule has 2 aliphatic heterocycles. The maximum absolute atomic E-state index is 12.2. The minimum Gasteiger partial charge on any atom is -0.618 e. The summed E-state index contributed by atoms with van der Waals surface area (Å²) in [6, 6.07) is 11.7. The van der Waals surface area contributed by atoms with Gasteiger partial charge < -0.3 is 18.9 Å². The lowest BCUT2D eigenvalue weighted by Crippen LogP contribution is -2.63. The van der Waals surface area contributed by atoms with Crippen molar-refractivity contribution in [2.75, 3.05) is 7.05 Å². The highest BCUT2D eigenvalue weighted by Gasteiger charge is 2.57. The van der Waals surface area contributed by atoms with E-state index in [2.05, 4.69) is 0 Å². The number of carbonyl (C=O) groups is 2. The molecule has 2 aliphatic rings. The molecule has 0 radical (unpaired) electrons. The topological polar surface area (TPSA) is 75.8 Å². The third kappa shape index (κ3) is 1.79. The number of para-hydroxylation sites is 1. The van der Waals surface area contributed by atoms with Gasteiger partial charge in [0.05, 0.1) is 23.9 Å². The summed E-state index contributed by atoms with van der Waals surface area (Å²) in [5, 5.41) is 9.21. The fourth-order valence-electron chi connectivity index (χ4n) is 3.11. The van der Waals surface area contributed by atoms with Crippen molar-refractivity contribution in [3.8, 4) is 5.75 Å². The molecule has 1 N–H and O–H groups in total. The molecule has 0 fully saturated rings. The lowest BCUT2D eigenvalue weighted by Gasteiger charge is -2.35. The third-order valence-electron chi connectivity index (χ3n) is 4.26. The summed E-state index contributed by atoms with van der Waals surface area (Å²) in [5.41, 5.74) is 1.72. The number of carboxylic acid groups (broad SMARTS) is 1. The molecule has 0 aliphatic carbocycles. The Kier molecular flexibility index (Phi) is 2.63. The van der Waals surface area contributed by atoms with Crippen LogP contribution in [0.1, 0.15) is 26.3 Å². The van der Waals surface area contributed by atoms with Crippen LogP contribution in [-0.2, 0) is 4.65 Å². The number of fused-ring (bicyclic) bond motifs is 3. The quantitative estimate of drug-likeness (QED) is 0.791. The highest BCUT2D eigenvalue weighted by Crippen LogP contribution is 2.29. The van der Waals surface area contributed by atoms with E-state index in [4.69, 9.17) is 9.31 Å². The molecule has 2 aromatic carbocycles. The second-order valence-electron chi connectivity index (χ2n) is 5.63. The predicted octanol–water partition coefficient (Wildman–Crippen LogP) is 0.855. The van der Waals surface area contributed by atoms with Gasteiger partial charge in [-0.2, -0.15) is 0 Å². The fraction of sp³-hybridized carbons (Fsp3) is 0.0625. The summed E-state index contributed by atoms with van der Waals surface area (Å²) in [7, 11) is 1.74. The average molecular weight is 309 g/mol. The van der Waals surface area contributed by atoms with Crippen molar-refractivity contribution < 1.29 is 28.5 Å². The van der Waals surface area contributed by atoms with E-state index in [0.717, 1.165) is 5.56 Å². The summed E-state index contributed by atoms with van der Waals surface area (Å²) < 4.78 is 13.3. The van der Waals surface area contributed by atoms with E-state index in [-0.39, 0.29) is 5.56 Å². The number of aromatic carboxylic acids is 1. The van der Waals surface area contributed by atoms with Gasteiger partial charge in [-0.05, 0) is 29.7 Å². The minimum absolute atomic E-state index is 0.0826. The van der Waals surface area contributed by atoms with Crippen molar-refractivity contribution in [3.63, 3.8) is 0 Å². The number of hydrogen-bond donors (Lipinski definition) is 1. The zero-order chi connectivity index (χ0) is 16.2. The van der Waals surface area contributed by atoms with Gasteiger partial charge in [-0.15, -0.1) is 0 Å². The Hall–Kier alpha value is -3.09. The second kappa shape index (κ2) is 4.45. The van der Waals surface area contributed by atoms with Crippen LogP contribution in [0.25, 0.3) is 0 Å². The highest BCUT2D eigenvalue weighted by molar-refractivity contribution is 6.80. The van der Waals surface area contributed by atoms with Crippen molar-refractivity contribution in [1.29, 1.82) is 0 Å². The maximum Gasteiger partial charge on any atom is 0.682 e. The average Bonchev–Trinajstić information content (AvgIpc) is 2.81. The van der Waals surface area contributed by atoms with Crippen LogP contribution in [0.15, 0.2) is 42.5 Å². The van der Waals surface area contributed by atoms with Crippen LogP contribution in [0.3, 0.4) is 0 Å². The van der Waals surface area contributed by atoms with E-state index in [9.17, 15) is 14.7 Å². The first-order valence-electron chi connectivity index (χ1n) is 7.12. The van der Waals surface area contributed by atoms with Gasteiger partial charge >= 0.3 is 12.7 Å². The van der Waals surface area contributed by atoms with Crippen LogP contribution in [0, 0.1) is 0 Å². The molecule has 4 rings (SSSR count). The molecule has 0 saturated heterocycles. The van der Waals surface area contributed by atoms with E-state index >= 15 is 0 Å². The summed E-state index contributed by atoms with van der Waals surface area (Å²) >= 11 is 0. The number of carboxylic acids is 1. The van der Waals surface area contributed by atoms with Gasteiger partial charge in [-0.1, -0.05) is 18.2 Å². The molecular formula is C16H12BNO5. The predicted molar refractivity (Wildman–Crippen MR) is 82.6 cm³/mol. The molecular weight excluding hydrogens is 297 g/mol. The van der Waals surface area contributed by atoms with Gasteiger partial charge in [-0.3, -0.25) is 4.79 Å². The minimum atomic E-state index is -2.29. The van der Waals surface area contributed by atoms with Crippen LogP contribution >= 0.6 is 0 Å². The molecule has 114 valence electrons. The van der Waals surface area contributed by atoms with E-state index in [1.165, 1.54) is 18.2 Å². The normalized spacial score (nSPS) is 21.1. The van der Waals surface area contributed by atoms with E-state index in [0.29, 0.717) is 16.8 Å². The van der Waals surface area contributed by atoms with E-state index in [1.54, 1.807) is 17.6 Å². The Bertz CT molecular complexity index is 907. The van der Waals surface area contributed by atoms with E-state index < -0.39 is 18.6 Å². The molecule has 23 heavy (non-hydrogen) atoms. The monoisotopic (exact) mass is 309 g/mol. The zero-order valence-electron chi connectivity index (χ0n) is 12.2. The Balaban J connectivity index is 1.94. The fourth-order valence-corrected chi connectivity index (χ4v) is 3.11. The number of rotatable bonds is 1. The number of benzene rings is 2. The molecule has 1 spiro atoms. The first-order chi connectivity index (χ1) is 11.0. The number of nitrogens with zero attached hydrogens (tertiary/aromatic N) is 1. The molecule has 2 aromatic rings. The first kappa shape index (κ1) is 13.6. The third-order valence-corrected chi connectivity index (χ3v) is 4.26. The molecule has 7 heteroatoms. The second-order valence-corrected chi connectivity index (χ2v) is 5.63. The van der Waals surface area contributed by atoms with Crippen LogP contribution < -0.4 is 10.1 Å². The zero-order valence-corrected chi connectivity index (χ0v) is 12.2. The van der Waals surface area contributed by atoms with Crippen molar-refractivity contribution >= 4 is 30.3 Å². The van der Waals surface area contributed by atoms with Crippen LogP contribution in [0.5, 0.6) is 5.75 Å². The van der Waals surface area contributed by atoms with Gasteiger partial charge in [0.25, 0.3) is 5.97 Å². The Labute approximate surface area is 131 Å². The number of hydrogen-bond acceptors (Lipinski definition) is 4. The molecule has 0 bridgehead atoms. The summed E-state index contributed by atoms with van der Waals surface area (Å²) in [4.78, 5) is 23.5. The Morgan fingerprint density at radius 3 is 2.74 bits per heavy atom. The molecule has 0 amide bonds. The summed E-state index contributed by atoms with van der Waals surface area (Å²) in [6.45, 7) is -2.29. The molecule has 1 unspecified atom stereocenters. The first-order valence-corrected chi connectivity index (χ1v) is 7.12. The lowest BCUT2D eigenvalue weighted by atomic mass is 9.62. The number of carbonyl (C=O) groups excluding carboxylic acids is 1. The van der Waals surface area contributed by atoms with Gasteiger partial charge in [0.2, 0.25) is 0 Å². The molecule has 6 nitrogen and oxygen atoms in total. The van der Waals surface area contributed by atoms with Crippen LogP contribution in [-0.4, -0.2) is 41.5 Å². The van der Waals surface area contributed by atoms with Crippen molar-refractivity contribution in [2.24, 2.45) is 0 Å². The smallest absolute Gasteiger partial charge is 0.618 e. The standard InChI is InChI=1S/C16H12BNO5/c1-18-9-11-4-2-3-5-14(11)22-17(18)13-8-10(15(19)20)6-7-12(13)16(21)23-17/h2-9H,1H3,(H,19,20). The van der Waals surface area contributed by atoms with Crippen molar-refractivity contribution in [1.82, 2.24) is 0 Å². The van der Waals surface area contributed by atoms with E-state index in [1.807, 2.05) is 24.4 Å². The Morgan fingerprint density at radius 1 is 1.17 bits per heavy atom. The molecule has 0 saturated carbocycles. The SMILES string of the molecule is C[N+]1=Cc2ccccc2O[B-]12OC(=O)c1ccc(C(=O)O)cc12. The van der Waals surface area contributed by atoms with Gasteiger partial charge in [0.15, 0.2) is 0 Å². The molecule has 1 atom stereocenters. The molecule has 2 heterocycles. The lowest BCUT2D eigenvalue weighted by molar-refractivity contribution is -0.388.